The molecule has 1 fully saturated rings. The van der Waals surface area contributed by atoms with Gasteiger partial charge in [-0.05, 0) is 42.5 Å². The first kappa shape index (κ1) is 19.0. The number of rotatable bonds is 6. The summed E-state index contributed by atoms with van der Waals surface area (Å²) in [5.74, 6) is -1.37. The third kappa shape index (κ3) is 3.57. The van der Waals surface area contributed by atoms with Crippen molar-refractivity contribution in [3.63, 3.8) is 0 Å². The molecule has 1 aliphatic heterocycles. The number of thiophene rings is 1. The van der Waals surface area contributed by atoms with Crippen molar-refractivity contribution in [2.75, 3.05) is 6.54 Å². The maximum atomic E-state index is 13.2. The molecule has 4 amide bonds. The van der Waals surface area contributed by atoms with Gasteiger partial charge in [0.15, 0.2) is 0 Å². The van der Waals surface area contributed by atoms with Crippen LogP contribution in [0.1, 0.15) is 36.8 Å². The van der Waals surface area contributed by atoms with Crippen LogP contribution in [-0.2, 0) is 15.1 Å². The van der Waals surface area contributed by atoms with Crippen molar-refractivity contribution >= 4 is 29.2 Å². The third-order valence-electron chi connectivity index (χ3n) is 4.69. The highest BCUT2D eigenvalue weighted by atomic mass is 32.1. The molecule has 142 valence electrons. The molecule has 0 saturated carbocycles. The molecule has 0 aliphatic carbocycles. The minimum absolute atomic E-state index is 0.216. The summed E-state index contributed by atoms with van der Waals surface area (Å²) < 4.78 is 13.2. The first-order chi connectivity index (χ1) is 12.9. The Labute approximate surface area is 160 Å². The molecular formula is C19H20FN3O3S. The summed E-state index contributed by atoms with van der Waals surface area (Å²) in [7, 11) is 0. The Kier molecular flexibility index (Phi) is 5.27. The van der Waals surface area contributed by atoms with Crippen molar-refractivity contribution in [2.45, 2.75) is 31.8 Å². The van der Waals surface area contributed by atoms with E-state index in [-0.39, 0.29) is 19.0 Å². The Morgan fingerprint density at radius 2 is 2.00 bits per heavy atom. The van der Waals surface area contributed by atoms with Gasteiger partial charge in [0.1, 0.15) is 17.9 Å². The zero-order chi connectivity index (χ0) is 19.6. The lowest BCUT2D eigenvalue weighted by molar-refractivity contribution is -0.135. The van der Waals surface area contributed by atoms with E-state index in [1.165, 1.54) is 35.6 Å². The summed E-state index contributed by atoms with van der Waals surface area (Å²) in [4.78, 5) is 39.6. The van der Waals surface area contributed by atoms with Gasteiger partial charge >= 0.3 is 6.03 Å². The smallest absolute Gasteiger partial charge is 0.325 e. The Morgan fingerprint density at radius 3 is 2.59 bits per heavy atom. The lowest BCUT2D eigenvalue weighted by Gasteiger charge is -2.25. The summed E-state index contributed by atoms with van der Waals surface area (Å²) in [6.45, 7) is 3.22. The van der Waals surface area contributed by atoms with Gasteiger partial charge in [-0.3, -0.25) is 14.5 Å². The molecule has 2 N–H and O–H groups in total. The fraction of sp³-hybridized carbons (Fsp3) is 0.316. The first-order valence-electron chi connectivity index (χ1n) is 8.60. The van der Waals surface area contributed by atoms with Crippen LogP contribution in [0.25, 0.3) is 0 Å². The van der Waals surface area contributed by atoms with E-state index in [9.17, 15) is 18.8 Å². The van der Waals surface area contributed by atoms with Crippen LogP contribution in [0.2, 0.25) is 0 Å². The summed E-state index contributed by atoms with van der Waals surface area (Å²) in [6.07, 6.45) is 0.285. The van der Waals surface area contributed by atoms with E-state index >= 15 is 0 Å². The average molecular weight is 389 g/mol. The number of amides is 4. The van der Waals surface area contributed by atoms with Gasteiger partial charge in [-0.15, -0.1) is 11.3 Å². The molecule has 3 rings (SSSR count). The summed E-state index contributed by atoms with van der Waals surface area (Å²) in [5.41, 5.74) is -0.802. The number of halogens is 1. The first-order valence-corrected chi connectivity index (χ1v) is 9.48. The van der Waals surface area contributed by atoms with Crippen LogP contribution in [0.5, 0.6) is 0 Å². The zero-order valence-electron chi connectivity index (χ0n) is 15.0. The van der Waals surface area contributed by atoms with E-state index in [0.717, 1.165) is 9.78 Å². The summed E-state index contributed by atoms with van der Waals surface area (Å²) in [6, 6.07) is 8.36. The van der Waals surface area contributed by atoms with Crippen LogP contribution in [0.3, 0.4) is 0 Å². The highest BCUT2D eigenvalue weighted by Crippen LogP contribution is 2.32. The van der Waals surface area contributed by atoms with Crippen LogP contribution < -0.4 is 10.6 Å². The largest absolute Gasteiger partial charge is 0.347 e. The highest BCUT2D eigenvalue weighted by molar-refractivity contribution is 7.10. The molecule has 1 aromatic carbocycles. The van der Waals surface area contributed by atoms with Crippen LogP contribution in [-0.4, -0.2) is 29.3 Å². The molecule has 6 nitrogen and oxygen atoms in total. The fourth-order valence-corrected chi connectivity index (χ4v) is 3.92. The second kappa shape index (κ2) is 7.48. The Balaban J connectivity index is 1.75. The SMILES string of the molecule is CCC1(c2ccc(F)cc2)NC(=O)N(CC(=O)NC(C)c2cccs2)C1=O. The summed E-state index contributed by atoms with van der Waals surface area (Å²) in [5, 5.41) is 7.38. The number of nitrogens with zero attached hydrogens (tertiary/aromatic N) is 1. The standard InChI is InChI=1S/C19H20FN3O3S/c1-3-19(13-6-8-14(20)9-7-13)17(25)23(18(26)22-19)11-16(24)21-12(2)15-5-4-10-27-15/h4-10,12H,3,11H2,1-2H3,(H,21,24)(H,22,26). The maximum Gasteiger partial charge on any atom is 0.325 e. The molecule has 1 aromatic heterocycles. The van der Waals surface area contributed by atoms with Gasteiger partial charge in [0.2, 0.25) is 5.91 Å². The monoisotopic (exact) mass is 389 g/mol. The maximum absolute atomic E-state index is 13.2. The van der Waals surface area contributed by atoms with Gasteiger partial charge in [0.25, 0.3) is 5.91 Å². The zero-order valence-corrected chi connectivity index (χ0v) is 15.8. The molecule has 0 bridgehead atoms. The Hall–Kier alpha value is -2.74. The van der Waals surface area contributed by atoms with E-state index in [4.69, 9.17) is 0 Å². The number of carbonyl (C=O) groups is 3. The molecule has 2 heterocycles. The molecule has 2 atom stereocenters. The molecule has 0 radical (unpaired) electrons. The predicted octanol–water partition coefficient (Wildman–Crippen LogP) is 2.92. The quantitative estimate of drug-likeness (QED) is 0.746. The van der Waals surface area contributed by atoms with Crippen molar-refractivity contribution in [3.05, 3.63) is 58.0 Å². The number of nitrogens with one attached hydrogen (secondary N) is 2. The van der Waals surface area contributed by atoms with Crippen molar-refractivity contribution < 1.29 is 18.8 Å². The molecule has 0 spiro atoms. The number of imide groups is 1. The van der Waals surface area contributed by atoms with Gasteiger partial charge in [-0.25, -0.2) is 9.18 Å². The lowest BCUT2D eigenvalue weighted by Crippen LogP contribution is -2.45. The normalized spacial score (nSPS) is 20.5. The minimum Gasteiger partial charge on any atom is -0.347 e. The van der Waals surface area contributed by atoms with Gasteiger partial charge in [0.05, 0.1) is 6.04 Å². The van der Waals surface area contributed by atoms with Crippen LogP contribution in [0.4, 0.5) is 9.18 Å². The minimum atomic E-state index is -1.29. The second-order valence-corrected chi connectivity index (χ2v) is 7.37. The van der Waals surface area contributed by atoms with Gasteiger partial charge in [0, 0.05) is 4.88 Å². The second-order valence-electron chi connectivity index (χ2n) is 6.39. The van der Waals surface area contributed by atoms with E-state index in [2.05, 4.69) is 10.6 Å². The molecule has 1 aliphatic rings. The number of benzene rings is 1. The fourth-order valence-electron chi connectivity index (χ4n) is 3.18. The third-order valence-corrected chi connectivity index (χ3v) is 5.75. The van der Waals surface area contributed by atoms with E-state index in [1.54, 1.807) is 6.92 Å². The van der Waals surface area contributed by atoms with Crippen molar-refractivity contribution in [3.8, 4) is 0 Å². The van der Waals surface area contributed by atoms with Gasteiger partial charge in [-0.1, -0.05) is 25.1 Å². The molecule has 2 unspecified atom stereocenters. The average Bonchev–Trinajstić information content (AvgIpc) is 3.26. The molecular weight excluding hydrogens is 369 g/mol. The number of hydrogen-bond donors (Lipinski definition) is 2. The number of urea groups is 1. The Morgan fingerprint density at radius 1 is 1.30 bits per heavy atom. The molecule has 2 aromatic rings. The Bertz CT molecular complexity index is 854. The van der Waals surface area contributed by atoms with Crippen molar-refractivity contribution in [2.24, 2.45) is 0 Å². The topological polar surface area (TPSA) is 78.5 Å². The van der Waals surface area contributed by atoms with Crippen LogP contribution in [0.15, 0.2) is 41.8 Å². The highest BCUT2D eigenvalue weighted by Gasteiger charge is 2.51. The lowest BCUT2D eigenvalue weighted by atomic mass is 9.87. The van der Waals surface area contributed by atoms with Crippen LogP contribution in [0, 0.1) is 5.82 Å². The number of hydrogen-bond acceptors (Lipinski definition) is 4. The van der Waals surface area contributed by atoms with Gasteiger partial charge < -0.3 is 10.6 Å². The van der Waals surface area contributed by atoms with Gasteiger partial charge in [-0.2, -0.15) is 0 Å². The summed E-state index contributed by atoms with van der Waals surface area (Å²) >= 11 is 1.51. The molecule has 8 heteroatoms. The van der Waals surface area contributed by atoms with Crippen LogP contribution >= 0.6 is 11.3 Å². The van der Waals surface area contributed by atoms with E-state index in [1.807, 2.05) is 24.4 Å². The number of carbonyl (C=O) groups excluding carboxylic acids is 3. The molecule has 27 heavy (non-hydrogen) atoms. The van der Waals surface area contributed by atoms with E-state index in [0.29, 0.717) is 5.56 Å². The van der Waals surface area contributed by atoms with Crippen molar-refractivity contribution in [1.82, 2.24) is 15.5 Å². The van der Waals surface area contributed by atoms with Crippen molar-refractivity contribution in [1.29, 1.82) is 0 Å². The van der Waals surface area contributed by atoms with E-state index < -0.39 is 29.2 Å². The predicted molar refractivity (Wildman–Crippen MR) is 99.5 cm³/mol. The molecule has 1 saturated heterocycles.